The molecule has 0 aliphatic carbocycles. The zero-order valence-corrected chi connectivity index (χ0v) is 32.9. The number of carbonyl (C=O) groups is 7. The average Bonchev–Trinajstić information content (AvgIpc) is 3.54. The van der Waals surface area contributed by atoms with E-state index in [9.17, 15) is 38.7 Å². The minimum Gasteiger partial charge on any atom is -0.390 e. The molecule has 0 bridgehead atoms. The Morgan fingerprint density at radius 2 is 1.50 bits per heavy atom. The van der Waals surface area contributed by atoms with Gasteiger partial charge in [-0.15, -0.1) is 0 Å². The third kappa shape index (κ3) is 14.0. The first-order valence-corrected chi connectivity index (χ1v) is 18.7. The number of nitrogens with zero attached hydrogens (tertiary/aromatic N) is 1. The highest BCUT2D eigenvalue weighted by atomic mass is 16.3. The van der Waals surface area contributed by atoms with Gasteiger partial charge in [0.15, 0.2) is 0 Å². The molecule has 1 aliphatic heterocycles. The largest absolute Gasteiger partial charge is 0.390 e. The summed E-state index contributed by atoms with van der Waals surface area (Å²) in [6.45, 7) is 14.1. The Bertz CT molecular complexity index is 1470. The van der Waals surface area contributed by atoms with E-state index in [-0.39, 0.29) is 24.8 Å². The molecule has 16 nitrogen and oxygen atoms in total. The summed E-state index contributed by atoms with van der Waals surface area (Å²) >= 11 is 0. The highest BCUT2D eigenvalue weighted by Gasteiger charge is 2.39. The van der Waals surface area contributed by atoms with Crippen LogP contribution < -0.4 is 38.1 Å². The van der Waals surface area contributed by atoms with Gasteiger partial charge >= 0.3 is 0 Å². The maximum Gasteiger partial charge on any atom is 0.243 e. The average molecular weight is 759 g/mol. The standard InChI is InChI=1S/C38H62N8O8/c1-9-22(4)31(36(53)44-30(21(2)3)33(40)50)45-35(52)27-16-13-17-46(27)20-28(48)25(18-24-14-11-10-12-15-24)42-34(51)26(19-29(39)49)43-37(54)32(38(6,7)8)41-23(5)47/h10-12,14-15,21-22,25-28,30-32,48H,9,13,16-20H2,1-8H3,(H2,39,49)(H2,40,50)(H,41,47)(H,42,51)(H,43,54)(H,44,53)(H,45,52)/t22?,25-,26-,27?,28+,30?,31?,32+/m0/s1. The van der Waals surface area contributed by atoms with Gasteiger partial charge in [0.2, 0.25) is 41.4 Å². The number of hydrogen-bond donors (Lipinski definition) is 8. The van der Waals surface area contributed by atoms with Gasteiger partial charge in [0, 0.05) is 13.5 Å². The van der Waals surface area contributed by atoms with Gasteiger partial charge in [0.25, 0.3) is 0 Å². The maximum absolute atomic E-state index is 13.8. The van der Waals surface area contributed by atoms with E-state index in [2.05, 4.69) is 26.6 Å². The maximum atomic E-state index is 13.8. The number of hydrogen-bond acceptors (Lipinski definition) is 9. The summed E-state index contributed by atoms with van der Waals surface area (Å²) in [5.74, 6) is -4.92. The van der Waals surface area contributed by atoms with Crippen molar-refractivity contribution in [1.29, 1.82) is 0 Å². The number of nitrogens with one attached hydrogen (secondary N) is 5. The number of carbonyl (C=O) groups excluding carboxylic acids is 7. The van der Waals surface area contributed by atoms with Gasteiger partial charge in [-0.3, -0.25) is 38.5 Å². The smallest absolute Gasteiger partial charge is 0.243 e. The first-order chi connectivity index (χ1) is 25.2. The lowest BCUT2D eigenvalue weighted by Gasteiger charge is -2.33. The van der Waals surface area contributed by atoms with Gasteiger partial charge in [-0.2, -0.15) is 0 Å². The molecule has 1 fully saturated rings. The SMILES string of the molecule is CCC(C)C(NC(=O)C1CCCN1C[C@@H](O)[C@H](Cc1ccccc1)NC(=O)[C@H](CC(N)=O)NC(=O)[C@@H](NC(C)=O)C(C)(C)C)C(=O)NC(C(N)=O)C(C)C. The first kappa shape index (κ1) is 45.6. The summed E-state index contributed by atoms with van der Waals surface area (Å²) in [6.07, 6.45) is 0.0445. The second-order valence-electron chi connectivity index (χ2n) is 15.8. The molecule has 1 aromatic carbocycles. The number of nitrogens with two attached hydrogens (primary N) is 2. The molecule has 2 rings (SSSR count). The summed E-state index contributed by atoms with van der Waals surface area (Å²) in [6, 6.07) is 3.14. The third-order valence-corrected chi connectivity index (χ3v) is 9.76. The van der Waals surface area contributed by atoms with Crippen LogP contribution in [0.4, 0.5) is 0 Å². The molecule has 302 valence electrons. The highest BCUT2D eigenvalue weighted by Crippen LogP contribution is 2.22. The van der Waals surface area contributed by atoms with Crippen molar-refractivity contribution in [3.63, 3.8) is 0 Å². The van der Waals surface area contributed by atoms with Crippen LogP contribution in [0.25, 0.3) is 0 Å². The topological polar surface area (TPSA) is 255 Å². The van der Waals surface area contributed by atoms with Crippen molar-refractivity contribution in [3.05, 3.63) is 35.9 Å². The summed E-state index contributed by atoms with van der Waals surface area (Å²) in [5.41, 5.74) is 11.0. The zero-order valence-electron chi connectivity index (χ0n) is 32.9. The Morgan fingerprint density at radius 1 is 0.870 bits per heavy atom. The van der Waals surface area contributed by atoms with Gasteiger partial charge in [-0.25, -0.2) is 0 Å². The lowest BCUT2D eigenvalue weighted by atomic mass is 9.86. The molecule has 0 saturated carbocycles. The van der Waals surface area contributed by atoms with Crippen LogP contribution in [0.3, 0.4) is 0 Å². The van der Waals surface area contributed by atoms with Crippen molar-refractivity contribution in [1.82, 2.24) is 31.5 Å². The molecule has 7 amide bonds. The predicted octanol–water partition coefficient (Wildman–Crippen LogP) is -0.393. The molecule has 1 heterocycles. The van der Waals surface area contributed by atoms with Crippen molar-refractivity contribution in [2.45, 2.75) is 130 Å². The van der Waals surface area contributed by atoms with E-state index < -0.39 is 95.5 Å². The minimum atomic E-state index is -1.42. The molecule has 1 saturated heterocycles. The van der Waals surface area contributed by atoms with Gasteiger partial charge in [-0.05, 0) is 48.6 Å². The molecule has 4 unspecified atom stereocenters. The van der Waals surface area contributed by atoms with Crippen molar-refractivity contribution in [2.24, 2.45) is 28.7 Å². The molecule has 0 spiro atoms. The predicted molar refractivity (Wildman–Crippen MR) is 203 cm³/mol. The quantitative estimate of drug-likeness (QED) is 0.0861. The molecule has 8 atom stereocenters. The molecule has 16 heteroatoms. The Balaban J connectivity index is 2.32. The Kier molecular flexibility index (Phi) is 17.5. The second kappa shape index (κ2) is 20.8. The monoisotopic (exact) mass is 758 g/mol. The molecule has 54 heavy (non-hydrogen) atoms. The Labute approximate surface area is 318 Å². The molecule has 1 aromatic rings. The number of benzene rings is 1. The van der Waals surface area contributed by atoms with Crippen LogP contribution in [0.2, 0.25) is 0 Å². The number of rotatable bonds is 20. The van der Waals surface area contributed by atoms with Crippen molar-refractivity contribution in [2.75, 3.05) is 13.1 Å². The number of β-amino-alcohol motifs (C(OH)–C–C–N with tert-alkyl or cyclic N) is 1. The summed E-state index contributed by atoms with van der Waals surface area (Å²) in [7, 11) is 0. The second-order valence-corrected chi connectivity index (χ2v) is 15.8. The number of primary amides is 2. The number of aliphatic hydroxyl groups is 1. The molecule has 10 N–H and O–H groups in total. The third-order valence-electron chi connectivity index (χ3n) is 9.76. The van der Waals surface area contributed by atoms with Crippen LogP contribution in [-0.4, -0.2) is 107 Å². The van der Waals surface area contributed by atoms with Gasteiger partial charge in [0.1, 0.15) is 24.2 Å². The van der Waals surface area contributed by atoms with Crippen LogP contribution in [-0.2, 0) is 40.0 Å². The summed E-state index contributed by atoms with van der Waals surface area (Å²) < 4.78 is 0. The molecular formula is C38H62N8O8. The number of likely N-dealkylation sites (tertiary alicyclic amines) is 1. The number of aliphatic hydroxyl groups excluding tert-OH is 1. The van der Waals surface area contributed by atoms with Crippen molar-refractivity contribution < 1.29 is 38.7 Å². The molecule has 1 aliphatic rings. The fourth-order valence-electron chi connectivity index (χ4n) is 6.45. The van der Waals surface area contributed by atoms with E-state index >= 15 is 0 Å². The fraction of sp³-hybridized carbons (Fsp3) is 0.658. The molecule has 0 aromatic heterocycles. The van der Waals surface area contributed by atoms with E-state index in [0.717, 1.165) is 5.56 Å². The minimum absolute atomic E-state index is 0.0331. The van der Waals surface area contributed by atoms with Gasteiger partial charge < -0.3 is 43.2 Å². The summed E-state index contributed by atoms with van der Waals surface area (Å²) in [5, 5.41) is 25.2. The van der Waals surface area contributed by atoms with Crippen LogP contribution in [0, 0.1) is 17.3 Å². The van der Waals surface area contributed by atoms with Crippen LogP contribution in [0.15, 0.2) is 30.3 Å². The Morgan fingerprint density at radius 3 is 2.02 bits per heavy atom. The van der Waals surface area contributed by atoms with E-state index in [0.29, 0.717) is 25.8 Å². The van der Waals surface area contributed by atoms with Gasteiger partial charge in [0.05, 0.1) is 24.6 Å². The van der Waals surface area contributed by atoms with E-state index in [1.807, 2.05) is 44.2 Å². The van der Waals surface area contributed by atoms with Gasteiger partial charge in [-0.1, -0.05) is 85.2 Å². The molecule has 0 radical (unpaired) electrons. The van der Waals surface area contributed by atoms with E-state index in [4.69, 9.17) is 11.5 Å². The summed E-state index contributed by atoms with van der Waals surface area (Å²) in [4.78, 5) is 92.0. The first-order valence-electron chi connectivity index (χ1n) is 18.7. The van der Waals surface area contributed by atoms with E-state index in [1.54, 1.807) is 39.5 Å². The lowest BCUT2D eigenvalue weighted by molar-refractivity contribution is -0.135. The van der Waals surface area contributed by atoms with Crippen LogP contribution in [0.5, 0.6) is 0 Å². The number of amides is 7. The van der Waals surface area contributed by atoms with E-state index in [1.165, 1.54) is 6.92 Å². The van der Waals surface area contributed by atoms with Crippen molar-refractivity contribution >= 4 is 41.4 Å². The van der Waals surface area contributed by atoms with Crippen LogP contribution >= 0.6 is 0 Å². The molecular weight excluding hydrogens is 696 g/mol. The normalized spacial score (nSPS) is 18.6. The zero-order chi connectivity index (χ0) is 40.9. The Hall–Kier alpha value is -4.57. The van der Waals surface area contributed by atoms with Crippen LogP contribution in [0.1, 0.15) is 86.6 Å². The van der Waals surface area contributed by atoms with Crippen molar-refractivity contribution in [3.8, 4) is 0 Å². The lowest BCUT2D eigenvalue weighted by Crippen LogP contribution is -2.60. The highest BCUT2D eigenvalue weighted by molar-refractivity contribution is 5.95. The fourth-order valence-corrected chi connectivity index (χ4v) is 6.45.